The molecule has 1 amide bonds. The Kier molecular flexibility index (Phi) is 6.22. The summed E-state index contributed by atoms with van der Waals surface area (Å²) < 4.78 is 41.5. The standard InChI is InChI=1S/C15H20F3NO3/c1-9(2)12(20)7-14(21)19-11-5-4-10(3)6-13(11)22-8-15(16,17)18/h4-6,9,12,20H,7-8H2,1-3H3,(H,19,21). The Morgan fingerprint density at radius 1 is 1.36 bits per heavy atom. The predicted molar refractivity (Wildman–Crippen MR) is 76.8 cm³/mol. The minimum Gasteiger partial charge on any atom is -0.482 e. The van der Waals surface area contributed by atoms with Crippen molar-refractivity contribution in [1.82, 2.24) is 0 Å². The molecule has 0 heterocycles. The first-order valence-electron chi connectivity index (χ1n) is 6.86. The van der Waals surface area contributed by atoms with E-state index in [4.69, 9.17) is 4.74 Å². The number of alkyl halides is 3. The maximum atomic E-state index is 12.3. The van der Waals surface area contributed by atoms with Crippen LogP contribution in [0.25, 0.3) is 0 Å². The number of benzene rings is 1. The van der Waals surface area contributed by atoms with Crippen LogP contribution in [0.2, 0.25) is 0 Å². The van der Waals surface area contributed by atoms with Gasteiger partial charge in [0, 0.05) is 0 Å². The van der Waals surface area contributed by atoms with Gasteiger partial charge in [-0.2, -0.15) is 13.2 Å². The molecule has 0 radical (unpaired) electrons. The summed E-state index contributed by atoms with van der Waals surface area (Å²) in [5.41, 5.74) is 0.855. The van der Waals surface area contributed by atoms with Crippen LogP contribution in [0.15, 0.2) is 18.2 Å². The highest BCUT2D eigenvalue weighted by Crippen LogP contribution is 2.28. The van der Waals surface area contributed by atoms with E-state index in [9.17, 15) is 23.1 Å². The topological polar surface area (TPSA) is 58.6 Å². The molecule has 0 spiro atoms. The molecular weight excluding hydrogens is 299 g/mol. The van der Waals surface area contributed by atoms with Gasteiger partial charge in [-0.1, -0.05) is 19.9 Å². The summed E-state index contributed by atoms with van der Waals surface area (Å²) in [4.78, 5) is 11.8. The van der Waals surface area contributed by atoms with Gasteiger partial charge in [0.15, 0.2) is 6.61 Å². The molecule has 1 atom stereocenters. The third kappa shape index (κ3) is 6.34. The number of aliphatic hydroxyl groups excluding tert-OH is 1. The molecule has 4 nitrogen and oxygen atoms in total. The quantitative estimate of drug-likeness (QED) is 0.846. The van der Waals surface area contributed by atoms with E-state index in [1.807, 2.05) is 0 Å². The van der Waals surface area contributed by atoms with Gasteiger partial charge >= 0.3 is 6.18 Å². The number of carbonyl (C=O) groups excluding carboxylic acids is 1. The molecule has 1 aromatic rings. The second-order valence-corrected chi connectivity index (χ2v) is 5.47. The van der Waals surface area contributed by atoms with Crippen molar-refractivity contribution in [3.8, 4) is 5.75 Å². The van der Waals surface area contributed by atoms with Crippen LogP contribution >= 0.6 is 0 Å². The van der Waals surface area contributed by atoms with Gasteiger partial charge < -0.3 is 15.2 Å². The van der Waals surface area contributed by atoms with Crippen molar-refractivity contribution in [3.05, 3.63) is 23.8 Å². The molecule has 22 heavy (non-hydrogen) atoms. The van der Waals surface area contributed by atoms with Crippen molar-refractivity contribution in [3.63, 3.8) is 0 Å². The molecule has 0 fully saturated rings. The lowest BCUT2D eigenvalue weighted by Crippen LogP contribution is -2.24. The molecule has 124 valence electrons. The summed E-state index contributed by atoms with van der Waals surface area (Å²) in [7, 11) is 0. The smallest absolute Gasteiger partial charge is 0.422 e. The van der Waals surface area contributed by atoms with Gasteiger partial charge in [-0.15, -0.1) is 0 Å². The normalized spacial score (nSPS) is 13.1. The van der Waals surface area contributed by atoms with Crippen molar-refractivity contribution >= 4 is 11.6 Å². The number of rotatable bonds is 6. The Bertz CT molecular complexity index is 515. The van der Waals surface area contributed by atoms with Crippen LogP contribution in [-0.4, -0.2) is 29.9 Å². The molecule has 0 aromatic heterocycles. The molecule has 2 N–H and O–H groups in total. The lowest BCUT2D eigenvalue weighted by molar-refractivity contribution is -0.153. The van der Waals surface area contributed by atoms with E-state index in [2.05, 4.69) is 5.32 Å². The molecule has 1 rings (SSSR count). The second-order valence-electron chi connectivity index (χ2n) is 5.47. The summed E-state index contributed by atoms with van der Waals surface area (Å²) in [6.07, 6.45) is -5.41. The average molecular weight is 319 g/mol. The summed E-state index contributed by atoms with van der Waals surface area (Å²) in [6, 6.07) is 4.54. The van der Waals surface area contributed by atoms with Gasteiger partial charge in [0.05, 0.1) is 18.2 Å². The van der Waals surface area contributed by atoms with E-state index >= 15 is 0 Å². The van der Waals surface area contributed by atoms with E-state index < -0.39 is 24.8 Å². The number of hydrogen-bond donors (Lipinski definition) is 2. The Hall–Kier alpha value is -1.76. The monoisotopic (exact) mass is 319 g/mol. The zero-order valence-electron chi connectivity index (χ0n) is 12.7. The summed E-state index contributed by atoms with van der Waals surface area (Å²) >= 11 is 0. The van der Waals surface area contributed by atoms with Gasteiger partial charge in [-0.05, 0) is 30.5 Å². The fourth-order valence-corrected chi connectivity index (χ4v) is 1.64. The Labute approximate surface area is 127 Å². The molecule has 0 aliphatic rings. The molecule has 0 aliphatic heterocycles. The maximum Gasteiger partial charge on any atom is 0.422 e. The van der Waals surface area contributed by atoms with E-state index in [0.717, 1.165) is 0 Å². The second kappa shape index (κ2) is 7.49. The van der Waals surface area contributed by atoms with Gasteiger partial charge in [0.25, 0.3) is 0 Å². The van der Waals surface area contributed by atoms with Crippen molar-refractivity contribution in [2.45, 2.75) is 39.5 Å². The van der Waals surface area contributed by atoms with Crippen molar-refractivity contribution < 1.29 is 27.8 Å². The molecular formula is C15H20F3NO3. The summed E-state index contributed by atoms with van der Waals surface area (Å²) in [6.45, 7) is 3.80. The van der Waals surface area contributed by atoms with Crippen molar-refractivity contribution in [2.24, 2.45) is 5.92 Å². The molecule has 7 heteroatoms. The SMILES string of the molecule is Cc1ccc(NC(=O)CC(O)C(C)C)c(OCC(F)(F)F)c1. The first kappa shape index (κ1) is 18.3. The number of amides is 1. The average Bonchev–Trinajstić information content (AvgIpc) is 2.37. The van der Waals surface area contributed by atoms with Gasteiger partial charge in [0.1, 0.15) is 5.75 Å². The van der Waals surface area contributed by atoms with Crippen LogP contribution in [0.5, 0.6) is 5.75 Å². The van der Waals surface area contributed by atoms with Crippen LogP contribution in [0.3, 0.4) is 0 Å². The number of ether oxygens (including phenoxy) is 1. The number of aryl methyl sites for hydroxylation is 1. The van der Waals surface area contributed by atoms with E-state index in [1.165, 1.54) is 12.1 Å². The van der Waals surface area contributed by atoms with Crippen LogP contribution in [0.1, 0.15) is 25.8 Å². The van der Waals surface area contributed by atoms with E-state index in [1.54, 1.807) is 26.8 Å². The van der Waals surface area contributed by atoms with Gasteiger partial charge in [0.2, 0.25) is 5.91 Å². The molecule has 0 saturated carbocycles. The number of aliphatic hydroxyl groups is 1. The zero-order valence-corrected chi connectivity index (χ0v) is 12.7. The minimum atomic E-state index is -4.46. The van der Waals surface area contributed by atoms with Crippen LogP contribution in [0.4, 0.5) is 18.9 Å². The van der Waals surface area contributed by atoms with Gasteiger partial charge in [-0.25, -0.2) is 0 Å². The first-order chi connectivity index (χ1) is 10.1. The van der Waals surface area contributed by atoms with Crippen molar-refractivity contribution in [1.29, 1.82) is 0 Å². The number of halogens is 3. The number of anilines is 1. The highest BCUT2D eigenvalue weighted by atomic mass is 19.4. The third-order valence-electron chi connectivity index (χ3n) is 2.97. The Morgan fingerprint density at radius 2 is 2.00 bits per heavy atom. The Balaban J connectivity index is 2.79. The highest BCUT2D eigenvalue weighted by Gasteiger charge is 2.29. The van der Waals surface area contributed by atoms with E-state index in [0.29, 0.717) is 5.56 Å². The fourth-order valence-electron chi connectivity index (χ4n) is 1.64. The highest BCUT2D eigenvalue weighted by molar-refractivity contribution is 5.92. The Morgan fingerprint density at radius 3 is 2.55 bits per heavy atom. The molecule has 1 unspecified atom stereocenters. The molecule has 1 aromatic carbocycles. The fraction of sp³-hybridized carbons (Fsp3) is 0.533. The number of carbonyl (C=O) groups is 1. The van der Waals surface area contributed by atoms with Crippen LogP contribution < -0.4 is 10.1 Å². The third-order valence-corrected chi connectivity index (χ3v) is 2.97. The summed E-state index contributed by atoms with van der Waals surface area (Å²) in [5.74, 6) is -0.628. The van der Waals surface area contributed by atoms with E-state index in [-0.39, 0.29) is 23.8 Å². The first-order valence-corrected chi connectivity index (χ1v) is 6.86. The maximum absolute atomic E-state index is 12.3. The molecule has 0 aliphatic carbocycles. The zero-order chi connectivity index (χ0) is 16.9. The lowest BCUT2D eigenvalue weighted by Gasteiger charge is -2.17. The predicted octanol–water partition coefficient (Wildman–Crippen LogP) is 3.28. The minimum absolute atomic E-state index is 0.0512. The number of hydrogen-bond acceptors (Lipinski definition) is 3. The van der Waals surface area contributed by atoms with Crippen LogP contribution in [0, 0.1) is 12.8 Å². The van der Waals surface area contributed by atoms with Crippen molar-refractivity contribution in [2.75, 3.05) is 11.9 Å². The number of nitrogens with one attached hydrogen (secondary N) is 1. The summed E-state index contributed by atoms with van der Waals surface area (Å²) in [5, 5.41) is 12.1. The van der Waals surface area contributed by atoms with Crippen LogP contribution in [-0.2, 0) is 4.79 Å². The molecule has 0 bridgehead atoms. The van der Waals surface area contributed by atoms with Gasteiger partial charge in [-0.3, -0.25) is 4.79 Å². The largest absolute Gasteiger partial charge is 0.482 e. The molecule has 0 saturated heterocycles. The lowest BCUT2D eigenvalue weighted by atomic mass is 10.0.